The number of nitrogens with zero attached hydrogens (tertiary/aromatic N) is 3. The third kappa shape index (κ3) is 1.98. The highest BCUT2D eigenvalue weighted by molar-refractivity contribution is 5.96. The van der Waals surface area contributed by atoms with Crippen molar-refractivity contribution in [3.8, 4) is 0 Å². The Kier molecular flexibility index (Phi) is 2.77. The first-order valence-electron chi connectivity index (χ1n) is 5.39. The summed E-state index contributed by atoms with van der Waals surface area (Å²) in [6.07, 6.45) is 1.36. The maximum Gasteiger partial charge on any atom is 0.272 e. The highest BCUT2D eigenvalue weighted by Gasteiger charge is 2.24. The van der Waals surface area contributed by atoms with Crippen molar-refractivity contribution in [2.75, 3.05) is 13.1 Å². The van der Waals surface area contributed by atoms with Gasteiger partial charge in [-0.25, -0.2) is 0 Å². The predicted octanol–water partition coefficient (Wildman–Crippen LogP) is 0.534. The standard InChI is InChI=1S/C11H15N3O2/c1-8-6-10(13(2)12-8)11(16)14-5-3-4-9(15)7-14/h6H,3-5,7H2,1-2H3. The number of carbonyl (C=O) groups is 2. The van der Waals surface area contributed by atoms with Crippen molar-refractivity contribution in [2.24, 2.45) is 7.05 Å². The van der Waals surface area contributed by atoms with Crippen LogP contribution in [-0.4, -0.2) is 39.5 Å². The van der Waals surface area contributed by atoms with Crippen molar-refractivity contribution in [3.63, 3.8) is 0 Å². The number of hydrogen-bond donors (Lipinski definition) is 0. The molecule has 0 atom stereocenters. The second kappa shape index (κ2) is 4.08. The molecule has 2 heterocycles. The lowest BCUT2D eigenvalue weighted by molar-refractivity contribution is -0.121. The van der Waals surface area contributed by atoms with Crippen molar-refractivity contribution in [1.29, 1.82) is 0 Å². The number of carbonyl (C=O) groups excluding carboxylic acids is 2. The van der Waals surface area contributed by atoms with E-state index in [2.05, 4.69) is 5.10 Å². The van der Waals surface area contributed by atoms with Crippen LogP contribution in [0.4, 0.5) is 0 Å². The number of likely N-dealkylation sites (tertiary alicyclic amines) is 1. The highest BCUT2D eigenvalue weighted by Crippen LogP contribution is 2.11. The summed E-state index contributed by atoms with van der Waals surface area (Å²) in [7, 11) is 1.74. The van der Waals surface area contributed by atoms with E-state index in [-0.39, 0.29) is 18.2 Å². The van der Waals surface area contributed by atoms with Crippen LogP contribution >= 0.6 is 0 Å². The van der Waals surface area contributed by atoms with Gasteiger partial charge in [0.2, 0.25) is 0 Å². The van der Waals surface area contributed by atoms with Gasteiger partial charge in [0, 0.05) is 20.0 Å². The molecule has 0 N–H and O–H groups in total. The summed E-state index contributed by atoms with van der Waals surface area (Å²) in [6, 6.07) is 1.75. The first kappa shape index (κ1) is 10.9. The summed E-state index contributed by atoms with van der Waals surface area (Å²) < 4.78 is 1.57. The van der Waals surface area contributed by atoms with Crippen molar-refractivity contribution < 1.29 is 9.59 Å². The van der Waals surface area contributed by atoms with Crippen LogP contribution < -0.4 is 0 Å². The van der Waals surface area contributed by atoms with Crippen LogP contribution in [0.25, 0.3) is 0 Å². The Hall–Kier alpha value is -1.65. The molecule has 1 fully saturated rings. The second-order valence-electron chi connectivity index (χ2n) is 4.16. The number of piperidine rings is 1. The fourth-order valence-corrected chi connectivity index (χ4v) is 1.98. The van der Waals surface area contributed by atoms with Gasteiger partial charge in [-0.15, -0.1) is 0 Å². The second-order valence-corrected chi connectivity index (χ2v) is 4.16. The van der Waals surface area contributed by atoms with Crippen LogP contribution in [0.2, 0.25) is 0 Å². The molecule has 0 spiro atoms. The quantitative estimate of drug-likeness (QED) is 0.695. The molecular weight excluding hydrogens is 206 g/mol. The Labute approximate surface area is 94.0 Å². The van der Waals surface area contributed by atoms with Gasteiger partial charge in [-0.3, -0.25) is 14.3 Å². The van der Waals surface area contributed by atoms with Gasteiger partial charge < -0.3 is 4.90 Å². The van der Waals surface area contributed by atoms with Crippen molar-refractivity contribution in [1.82, 2.24) is 14.7 Å². The number of ketones is 1. The summed E-state index contributed by atoms with van der Waals surface area (Å²) in [6.45, 7) is 2.75. The van der Waals surface area contributed by atoms with E-state index >= 15 is 0 Å². The van der Waals surface area contributed by atoms with Crippen molar-refractivity contribution in [2.45, 2.75) is 19.8 Å². The number of aromatic nitrogens is 2. The zero-order valence-corrected chi connectivity index (χ0v) is 9.56. The van der Waals surface area contributed by atoms with E-state index in [4.69, 9.17) is 0 Å². The number of aryl methyl sites for hydroxylation is 2. The van der Waals surface area contributed by atoms with Crippen molar-refractivity contribution >= 4 is 11.7 Å². The molecule has 1 saturated heterocycles. The van der Waals surface area contributed by atoms with E-state index in [9.17, 15) is 9.59 Å². The molecule has 1 aromatic rings. The van der Waals surface area contributed by atoms with Crippen LogP contribution in [0.1, 0.15) is 29.0 Å². The molecule has 5 heteroatoms. The molecule has 0 radical (unpaired) electrons. The van der Waals surface area contributed by atoms with E-state index in [1.54, 1.807) is 22.7 Å². The largest absolute Gasteiger partial charge is 0.330 e. The van der Waals surface area contributed by atoms with Gasteiger partial charge in [-0.1, -0.05) is 0 Å². The van der Waals surface area contributed by atoms with E-state index in [0.29, 0.717) is 18.7 Å². The molecule has 1 aliphatic rings. The van der Waals surface area contributed by atoms with E-state index in [0.717, 1.165) is 12.1 Å². The van der Waals surface area contributed by atoms with Gasteiger partial charge in [0.15, 0.2) is 5.78 Å². The molecule has 16 heavy (non-hydrogen) atoms. The molecule has 1 amide bonds. The normalized spacial score (nSPS) is 16.6. The fourth-order valence-electron chi connectivity index (χ4n) is 1.98. The predicted molar refractivity (Wildman–Crippen MR) is 58.1 cm³/mol. The molecule has 1 aliphatic heterocycles. The third-order valence-corrected chi connectivity index (χ3v) is 2.76. The maximum absolute atomic E-state index is 12.1. The number of rotatable bonds is 1. The number of hydrogen-bond acceptors (Lipinski definition) is 3. The summed E-state index contributed by atoms with van der Waals surface area (Å²) in [5.41, 5.74) is 1.36. The smallest absolute Gasteiger partial charge is 0.272 e. The third-order valence-electron chi connectivity index (χ3n) is 2.76. The Morgan fingerprint density at radius 2 is 2.25 bits per heavy atom. The first-order chi connectivity index (χ1) is 7.58. The summed E-state index contributed by atoms with van der Waals surface area (Å²) in [4.78, 5) is 25.0. The Morgan fingerprint density at radius 3 is 2.81 bits per heavy atom. The topological polar surface area (TPSA) is 55.2 Å². The lowest BCUT2D eigenvalue weighted by atomic mass is 10.1. The van der Waals surface area contributed by atoms with Crippen LogP contribution in [0.3, 0.4) is 0 Å². The molecule has 0 saturated carbocycles. The molecular formula is C11H15N3O2. The first-order valence-corrected chi connectivity index (χ1v) is 5.39. The summed E-state index contributed by atoms with van der Waals surface area (Å²) in [5, 5.41) is 4.13. The van der Waals surface area contributed by atoms with Crippen LogP contribution in [0.5, 0.6) is 0 Å². The number of Topliss-reactive ketones (excluding diaryl/α,β-unsaturated/α-hetero) is 1. The monoisotopic (exact) mass is 221 g/mol. The molecule has 0 bridgehead atoms. The minimum absolute atomic E-state index is 0.101. The average Bonchev–Trinajstić information content (AvgIpc) is 2.57. The van der Waals surface area contributed by atoms with E-state index < -0.39 is 0 Å². The van der Waals surface area contributed by atoms with Crippen molar-refractivity contribution in [3.05, 3.63) is 17.5 Å². The minimum atomic E-state index is -0.101. The maximum atomic E-state index is 12.1. The lowest BCUT2D eigenvalue weighted by Crippen LogP contribution is -2.40. The highest BCUT2D eigenvalue weighted by atomic mass is 16.2. The number of amides is 1. The van der Waals surface area contributed by atoms with E-state index in [1.807, 2.05) is 6.92 Å². The Morgan fingerprint density at radius 1 is 1.50 bits per heavy atom. The Balaban J connectivity index is 2.18. The van der Waals surface area contributed by atoms with Gasteiger partial charge in [0.1, 0.15) is 5.69 Å². The average molecular weight is 221 g/mol. The zero-order chi connectivity index (χ0) is 11.7. The summed E-state index contributed by atoms with van der Waals surface area (Å²) >= 11 is 0. The van der Waals surface area contributed by atoms with Crippen LogP contribution in [-0.2, 0) is 11.8 Å². The van der Waals surface area contributed by atoms with Gasteiger partial charge in [0.25, 0.3) is 5.91 Å². The molecule has 2 rings (SSSR count). The lowest BCUT2D eigenvalue weighted by Gasteiger charge is -2.25. The fraction of sp³-hybridized carbons (Fsp3) is 0.545. The molecule has 1 aromatic heterocycles. The van der Waals surface area contributed by atoms with Gasteiger partial charge in [0.05, 0.1) is 12.2 Å². The zero-order valence-electron chi connectivity index (χ0n) is 9.56. The van der Waals surface area contributed by atoms with Crippen LogP contribution in [0, 0.1) is 6.92 Å². The molecule has 0 unspecified atom stereocenters. The molecule has 0 aliphatic carbocycles. The van der Waals surface area contributed by atoms with Gasteiger partial charge >= 0.3 is 0 Å². The molecule has 0 aromatic carbocycles. The molecule has 86 valence electrons. The van der Waals surface area contributed by atoms with Crippen LogP contribution in [0.15, 0.2) is 6.07 Å². The van der Waals surface area contributed by atoms with Gasteiger partial charge in [-0.05, 0) is 19.4 Å². The minimum Gasteiger partial charge on any atom is -0.330 e. The van der Waals surface area contributed by atoms with Gasteiger partial charge in [-0.2, -0.15) is 5.10 Å². The van der Waals surface area contributed by atoms with E-state index in [1.165, 1.54) is 0 Å². The SMILES string of the molecule is Cc1cc(C(=O)N2CCCC(=O)C2)n(C)n1. The summed E-state index contributed by atoms with van der Waals surface area (Å²) in [5.74, 6) is 0.0367. The molecule has 5 nitrogen and oxygen atoms in total. The Bertz CT molecular complexity index is 436.